The summed E-state index contributed by atoms with van der Waals surface area (Å²) in [6.45, 7) is 0. The number of imidazole rings is 1. The van der Waals surface area contributed by atoms with Gasteiger partial charge >= 0.3 is 86.7 Å². The first-order valence-electron chi connectivity index (χ1n) is 4.16. The second-order valence-electron chi connectivity index (χ2n) is 2.94. The molecule has 0 fully saturated rings. The van der Waals surface area contributed by atoms with Crippen molar-refractivity contribution >= 4 is 13.9 Å². The molecule has 15 heavy (non-hydrogen) atoms. The summed E-state index contributed by atoms with van der Waals surface area (Å²) in [6, 6.07) is -0.799. The molecule has 0 unspecified atom stereocenters. The first kappa shape index (κ1) is 11.7. The summed E-state index contributed by atoms with van der Waals surface area (Å²) in [5, 5.41) is 8.95. The molecule has 1 heterocycles. The Hall–Kier alpha value is -1.35. The number of aromatic nitrogens is 2. The van der Waals surface area contributed by atoms with Crippen LogP contribution in [0.5, 0.6) is 0 Å². The van der Waals surface area contributed by atoms with E-state index in [-0.39, 0.29) is 14.3 Å². The summed E-state index contributed by atoms with van der Waals surface area (Å²) in [5.41, 5.74) is 0.707. The molecule has 1 rings (SSSR count). The Bertz CT molecular complexity index is 425. The number of aromatic amines is 1. The van der Waals surface area contributed by atoms with Gasteiger partial charge in [-0.15, -0.1) is 0 Å². The van der Waals surface area contributed by atoms with Crippen molar-refractivity contribution in [2.75, 3.05) is 7.05 Å². The van der Waals surface area contributed by atoms with Crippen LogP contribution in [0.15, 0.2) is 12.5 Å². The van der Waals surface area contributed by atoms with Crippen molar-refractivity contribution in [1.29, 1.82) is 0 Å². The zero-order valence-electron chi connectivity index (χ0n) is 8.04. The molecule has 1 aromatic rings. The predicted molar refractivity (Wildman–Crippen MR) is 53.0 cm³/mol. The van der Waals surface area contributed by atoms with E-state index < -0.39 is 12.0 Å². The summed E-state index contributed by atoms with van der Waals surface area (Å²) in [7, 11) is 1.18. The molecule has 0 bridgehead atoms. The molecule has 0 aromatic carbocycles. The topological polar surface area (TPSA) is 86.3 Å². The van der Waals surface area contributed by atoms with E-state index >= 15 is 0 Å². The first-order chi connectivity index (χ1) is 7.15. The summed E-state index contributed by atoms with van der Waals surface area (Å²) in [4.78, 5) is 18.8. The third-order valence-corrected chi connectivity index (χ3v) is 2.32. The van der Waals surface area contributed by atoms with Crippen molar-refractivity contribution in [3.8, 4) is 5.75 Å². The van der Waals surface area contributed by atoms with Gasteiger partial charge in [-0.05, 0) is 0 Å². The number of aliphatic carboxylic acids is 1. The van der Waals surface area contributed by atoms with Crippen molar-refractivity contribution in [2.45, 2.75) is 12.5 Å². The zero-order chi connectivity index (χ0) is 11.3. The van der Waals surface area contributed by atoms with Gasteiger partial charge in [-0.1, -0.05) is 0 Å². The van der Waals surface area contributed by atoms with Gasteiger partial charge in [-0.2, -0.15) is 0 Å². The van der Waals surface area contributed by atoms with Crippen molar-refractivity contribution in [1.82, 2.24) is 14.9 Å². The molecule has 6 nitrogen and oxygen atoms in total. The molecule has 0 radical (unpaired) electrons. The number of nitrogens with zero attached hydrogens (tertiary/aromatic N) is 2. The number of carboxylic acid groups (broad SMARTS) is 1. The van der Waals surface area contributed by atoms with Crippen LogP contribution in [-0.2, 0) is 15.8 Å². The molecule has 1 atom stereocenters. The fraction of sp³-hybridized carbons (Fsp3) is 0.375. The number of H-pyrrole nitrogens is 1. The van der Waals surface area contributed by atoms with Crippen LogP contribution in [0, 0.1) is 5.75 Å². The van der Waals surface area contributed by atoms with E-state index in [1.54, 1.807) is 6.20 Å². The van der Waals surface area contributed by atoms with E-state index in [9.17, 15) is 9.36 Å². The Labute approximate surface area is 87.4 Å². The quantitative estimate of drug-likeness (QED) is 0.579. The normalized spacial score (nSPS) is 12.1. The van der Waals surface area contributed by atoms with Gasteiger partial charge in [0.1, 0.15) is 0 Å². The molecule has 80 valence electrons. The summed E-state index contributed by atoms with van der Waals surface area (Å²) in [5.74, 6) is 1.38. The van der Waals surface area contributed by atoms with Crippen molar-refractivity contribution in [3.63, 3.8) is 0 Å². The van der Waals surface area contributed by atoms with Crippen LogP contribution in [0.4, 0.5) is 0 Å². The molecule has 0 aliphatic rings. The third-order valence-electron chi connectivity index (χ3n) is 1.92. The number of rotatable bonds is 4. The van der Waals surface area contributed by atoms with Gasteiger partial charge in [0.2, 0.25) is 0 Å². The van der Waals surface area contributed by atoms with E-state index in [2.05, 4.69) is 15.7 Å². The number of carbonyl (C=O) groups is 1. The van der Waals surface area contributed by atoms with Crippen molar-refractivity contribution in [3.05, 3.63) is 18.2 Å². The molecular formula is C8H10N3O3P. The molecule has 0 saturated carbocycles. The maximum absolute atomic E-state index is 10.9. The number of likely N-dealkylation sites (N-methyl/N-ethyl adjacent to an activating group) is 1. The van der Waals surface area contributed by atoms with Crippen LogP contribution in [0.2, 0.25) is 0 Å². The monoisotopic (exact) mass is 227 g/mol. The Morgan fingerprint density at radius 1 is 1.87 bits per heavy atom. The molecule has 7 heteroatoms. The number of carboxylic acids is 1. The standard InChI is InChI=1S/C8H10N3O3P/c1-11(5-15-14)7(8(12)13)2-6-3-9-4-10-6/h3-4,7H,2H2,1H3,(H,9,10)(H,12,13)/t7-/m0/s1. The van der Waals surface area contributed by atoms with Crippen molar-refractivity contribution in [2.24, 2.45) is 0 Å². The van der Waals surface area contributed by atoms with Crippen LogP contribution in [0.3, 0.4) is 0 Å². The first-order valence-corrected chi connectivity index (χ1v) is 4.97. The summed E-state index contributed by atoms with van der Waals surface area (Å²) < 4.78 is 10.3. The van der Waals surface area contributed by atoms with Gasteiger partial charge in [0.25, 0.3) is 0 Å². The van der Waals surface area contributed by atoms with Crippen LogP contribution >= 0.6 is 7.92 Å². The molecule has 1 aromatic heterocycles. The molecule has 0 saturated heterocycles. The van der Waals surface area contributed by atoms with Crippen LogP contribution in [-0.4, -0.2) is 39.0 Å². The summed E-state index contributed by atoms with van der Waals surface area (Å²) >= 11 is 0. The van der Waals surface area contributed by atoms with Gasteiger partial charge in [0.05, 0.1) is 0 Å². The van der Waals surface area contributed by atoms with Crippen molar-refractivity contribution < 1.29 is 14.5 Å². The molecule has 0 amide bonds. The van der Waals surface area contributed by atoms with Crippen LogP contribution in [0.1, 0.15) is 5.69 Å². The van der Waals surface area contributed by atoms with Gasteiger partial charge in [0.15, 0.2) is 0 Å². The Morgan fingerprint density at radius 2 is 2.60 bits per heavy atom. The minimum absolute atomic E-state index is 0.258. The fourth-order valence-electron chi connectivity index (χ4n) is 1.13. The molecule has 0 aliphatic carbocycles. The Balaban J connectivity index is 2.78. The van der Waals surface area contributed by atoms with E-state index in [0.29, 0.717) is 5.69 Å². The van der Waals surface area contributed by atoms with Crippen LogP contribution in [0.25, 0.3) is 0 Å². The Morgan fingerprint density at radius 3 is 3.07 bits per heavy atom. The van der Waals surface area contributed by atoms with E-state index in [1.165, 1.54) is 18.3 Å². The van der Waals surface area contributed by atoms with Gasteiger partial charge in [-0.25, -0.2) is 0 Å². The number of nitrogens with one attached hydrogen (secondary N) is 1. The van der Waals surface area contributed by atoms with E-state index in [1.807, 2.05) is 0 Å². The second-order valence-corrected chi connectivity index (χ2v) is 3.32. The van der Waals surface area contributed by atoms with Crippen LogP contribution < -0.4 is 0 Å². The SMILES string of the molecule is CN(C#P=O)[C@@H](Cc1cnc[nH]1)C(=O)O. The maximum atomic E-state index is 10.9. The van der Waals surface area contributed by atoms with E-state index in [0.717, 1.165) is 0 Å². The second kappa shape index (κ2) is 5.51. The van der Waals surface area contributed by atoms with Gasteiger partial charge in [-0.3, -0.25) is 0 Å². The summed E-state index contributed by atoms with van der Waals surface area (Å²) in [6.07, 6.45) is 3.29. The number of hydrogen-bond acceptors (Lipinski definition) is 4. The fourth-order valence-corrected chi connectivity index (χ4v) is 1.40. The molecular weight excluding hydrogens is 217 g/mol. The third kappa shape index (κ3) is 3.36. The van der Waals surface area contributed by atoms with E-state index in [4.69, 9.17) is 5.11 Å². The van der Waals surface area contributed by atoms with Gasteiger partial charge < -0.3 is 0 Å². The van der Waals surface area contributed by atoms with Gasteiger partial charge in [0, 0.05) is 0 Å². The molecule has 0 spiro atoms. The molecule has 0 aliphatic heterocycles. The predicted octanol–water partition coefficient (Wildman–Crippen LogP) is 0.546. The molecule has 2 N–H and O–H groups in total. The zero-order valence-corrected chi connectivity index (χ0v) is 8.94. The average molecular weight is 227 g/mol. The number of hydrogen-bond donors (Lipinski definition) is 2. The minimum atomic E-state index is -0.997. The Kier molecular flexibility index (Phi) is 4.31. The average Bonchev–Trinajstić information content (AvgIpc) is 2.66.